The fourth-order valence-electron chi connectivity index (χ4n) is 1.97. The summed E-state index contributed by atoms with van der Waals surface area (Å²) in [4.78, 5) is 13.6. The molecule has 0 atom stereocenters. The van der Waals surface area contributed by atoms with Crippen molar-refractivity contribution in [3.8, 4) is 0 Å². The lowest BCUT2D eigenvalue weighted by atomic mass is 10.2. The molecule has 2 rings (SSSR count). The number of hydrogen-bond donors (Lipinski definition) is 0. The Bertz CT molecular complexity index is 804. The Morgan fingerprint density at radius 1 is 1.04 bits per heavy atom. The zero-order valence-corrected chi connectivity index (χ0v) is 14.7. The van der Waals surface area contributed by atoms with Gasteiger partial charge in [0.1, 0.15) is 5.75 Å². The summed E-state index contributed by atoms with van der Waals surface area (Å²) in [5.41, 5.74) is 0.758. The summed E-state index contributed by atoms with van der Waals surface area (Å²) in [6, 6.07) is 12.8. The van der Waals surface area contributed by atoms with Crippen LogP contribution >= 0.6 is 23.2 Å². The second-order valence-electron chi connectivity index (χ2n) is 5.05. The molecule has 0 saturated heterocycles. The Labute approximate surface area is 145 Å². The fraction of sp³-hybridized carbons (Fsp3) is 0.188. The molecule has 0 radical (unpaired) electrons. The van der Waals surface area contributed by atoms with Gasteiger partial charge < -0.3 is 4.90 Å². The molecule has 0 fully saturated rings. The van der Waals surface area contributed by atoms with Crippen LogP contribution in [0.25, 0.3) is 0 Å². The first-order chi connectivity index (χ1) is 10.8. The van der Waals surface area contributed by atoms with Crippen molar-refractivity contribution in [1.29, 1.82) is 0 Å². The molecule has 2 aromatic rings. The maximum absolute atomic E-state index is 12.3. The number of sulfone groups is 1. The molecule has 0 heterocycles. The zero-order valence-electron chi connectivity index (χ0n) is 12.4. The van der Waals surface area contributed by atoms with E-state index < -0.39 is 21.5 Å². The van der Waals surface area contributed by atoms with Gasteiger partial charge in [-0.25, -0.2) is 8.42 Å². The Morgan fingerprint density at radius 2 is 1.65 bits per heavy atom. The third-order valence-electron chi connectivity index (χ3n) is 3.28. The summed E-state index contributed by atoms with van der Waals surface area (Å²) >= 11 is 11.8. The molecule has 0 bridgehead atoms. The van der Waals surface area contributed by atoms with Gasteiger partial charge in [0.2, 0.25) is 5.91 Å². The summed E-state index contributed by atoms with van der Waals surface area (Å²) in [6.45, 7) is 0.245. The quantitative estimate of drug-likeness (QED) is 0.808. The van der Waals surface area contributed by atoms with Gasteiger partial charge in [0.05, 0.1) is 4.90 Å². The van der Waals surface area contributed by atoms with E-state index in [1.165, 1.54) is 29.2 Å². The molecule has 4 nitrogen and oxygen atoms in total. The van der Waals surface area contributed by atoms with Gasteiger partial charge in [0.25, 0.3) is 0 Å². The lowest BCUT2D eigenvalue weighted by Gasteiger charge is -2.18. The van der Waals surface area contributed by atoms with Crippen molar-refractivity contribution in [2.75, 3.05) is 12.8 Å². The van der Waals surface area contributed by atoms with E-state index in [1.54, 1.807) is 25.2 Å². The summed E-state index contributed by atoms with van der Waals surface area (Å²) < 4.78 is 24.5. The Balaban J connectivity index is 2.08. The Morgan fingerprint density at radius 3 is 2.26 bits per heavy atom. The predicted molar refractivity (Wildman–Crippen MR) is 91.4 cm³/mol. The highest BCUT2D eigenvalue weighted by molar-refractivity contribution is 7.92. The van der Waals surface area contributed by atoms with Crippen LogP contribution in [0, 0.1) is 0 Å². The standard InChI is InChI=1S/C16H15Cl2NO3S/c1-19(10-12-4-2-3-5-15(12)18)16(20)11-23(21,22)14-8-6-13(17)7-9-14/h2-9H,10-11H2,1H3. The number of amides is 1. The number of rotatable bonds is 5. The second kappa shape index (κ2) is 7.34. The third kappa shape index (κ3) is 4.70. The molecule has 23 heavy (non-hydrogen) atoms. The Hall–Kier alpha value is -1.56. The second-order valence-corrected chi connectivity index (χ2v) is 7.89. The van der Waals surface area contributed by atoms with Gasteiger partial charge in [-0.15, -0.1) is 0 Å². The lowest BCUT2D eigenvalue weighted by Crippen LogP contribution is -2.32. The van der Waals surface area contributed by atoms with Gasteiger partial charge in [0, 0.05) is 23.6 Å². The van der Waals surface area contributed by atoms with E-state index in [0.29, 0.717) is 10.0 Å². The van der Waals surface area contributed by atoms with Gasteiger partial charge in [-0.1, -0.05) is 41.4 Å². The van der Waals surface area contributed by atoms with Crippen molar-refractivity contribution in [2.45, 2.75) is 11.4 Å². The smallest absolute Gasteiger partial charge is 0.238 e. The van der Waals surface area contributed by atoms with Crippen molar-refractivity contribution < 1.29 is 13.2 Å². The first-order valence-electron chi connectivity index (χ1n) is 6.75. The van der Waals surface area contributed by atoms with Gasteiger partial charge >= 0.3 is 0 Å². The summed E-state index contributed by atoms with van der Waals surface area (Å²) in [7, 11) is -2.16. The van der Waals surface area contributed by atoms with Crippen molar-refractivity contribution in [2.24, 2.45) is 0 Å². The van der Waals surface area contributed by atoms with Crippen LogP contribution in [0.2, 0.25) is 10.0 Å². The summed E-state index contributed by atoms with van der Waals surface area (Å²) in [5, 5.41) is 0.971. The number of halogens is 2. The molecule has 122 valence electrons. The monoisotopic (exact) mass is 371 g/mol. The summed E-state index contributed by atoms with van der Waals surface area (Å²) in [5.74, 6) is -1.10. The summed E-state index contributed by atoms with van der Waals surface area (Å²) in [6.07, 6.45) is 0. The van der Waals surface area contributed by atoms with Crippen molar-refractivity contribution >= 4 is 38.9 Å². The highest BCUT2D eigenvalue weighted by Crippen LogP contribution is 2.18. The molecular weight excluding hydrogens is 357 g/mol. The van der Waals surface area contributed by atoms with E-state index in [-0.39, 0.29) is 11.4 Å². The van der Waals surface area contributed by atoms with E-state index in [1.807, 2.05) is 6.07 Å². The molecule has 0 unspecified atom stereocenters. The number of hydrogen-bond acceptors (Lipinski definition) is 3. The highest BCUT2D eigenvalue weighted by Gasteiger charge is 2.22. The van der Waals surface area contributed by atoms with Crippen LogP contribution < -0.4 is 0 Å². The molecule has 0 aliphatic carbocycles. The molecule has 0 aliphatic heterocycles. The largest absolute Gasteiger partial charge is 0.340 e. The molecule has 0 N–H and O–H groups in total. The van der Waals surface area contributed by atoms with Gasteiger partial charge in [-0.2, -0.15) is 0 Å². The van der Waals surface area contributed by atoms with Crippen molar-refractivity contribution in [1.82, 2.24) is 4.90 Å². The van der Waals surface area contributed by atoms with E-state index in [2.05, 4.69) is 0 Å². The molecule has 0 saturated carbocycles. The molecular formula is C16H15Cl2NO3S. The highest BCUT2D eigenvalue weighted by atomic mass is 35.5. The van der Waals surface area contributed by atoms with E-state index >= 15 is 0 Å². The van der Waals surface area contributed by atoms with Gasteiger partial charge in [0.15, 0.2) is 9.84 Å². The van der Waals surface area contributed by atoms with E-state index in [4.69, 9.17) is 23.2 Å². The number of carbonyl (C=O) groups is 1. The van der Waals surface area contributed by atoms with E-state index in [0.717, 1.165) is 5.56 Å². The Kier molecular flexibility index (Phi) is 5.68. The average Bonchev–Trinajstić information content (AvgIpc) is 2.49. The van der Waals surface area contributed by atoms with Crippen LogP contribution in [0.15, 0.2) is 53.4 Å². The lowest BCUT2D eigenvalue weighted by molar-refractivity contribution is -0.127. The molecule has 7 heteroatoms. The van der Waals surface area contributed by atoms with E-state index in [9.17, 15) is 13.2 Å². The topological polar surface area (TPSA) is 54.5 Å². The van der Waals surface area contributed by atoms with Crippen molar-refractivity contribution in [3.05, 3.63) is 64.1 Å². The van der Waals surface area contributed by atoms with Crippen LogP contribution in [0.4, 0.5) is 0 Å². The minimum absolute atomic E-state index is 0.0707. The normalized spacial score (nSPS) is 11.3. The molecule has 0 spiro atoms. The van der Waals surface area contributed by atoms with Gasteiger partial charge in [-0.05, 0) is 35.9 Å². The number of benzene rings is 2. The first kappa shape index (κ1) is 17.8. The van der Waals surface area contributed by atoms with Crippen LogP contribution in [0.1, 0.15) is 5.56 Å². The molecule has 0 aromatic heterocycles. The molecule has 1 amide bonds. The predicted octanol–water partition coefficient (Wildman–Crippen LogP) is 3.43. The minimum atomic E-state index is -3.71. The average molecular weight is 372 g/mol. The maximum Gasteiger partial charge on any atom is 0.238 e. The fourth-order valence-corrected chi connectivity index (χ4v) is 3.55. The first-order valence-corrected chi connectivity index (χ1v) is 9.16. The van der Waals surface area contributed by atoms with Crippen LogP contribution in [0.5, 0.6) is 0 Å². The third-order valence-corrected chi connectivity index (χ3v) is 5.52. The van der Waals surface area contributed by atoms with Crippen LogP contribution in [-0.4, -0.2) is 32.0 Å². The number of nitrogens with zero attached hydrogens (tertiary/aromatic N) is 1. The van der Waals surface area contributed by atoms with Crippen LogP contribution in [-0.2, 0) is 21.2 Å². The molecule has 0 aliphatic rings. The van der Waals surface area contributed by atoms with Crippen molar-refractivity contribution in [3.63, 3.8) is 0 Å². The minimum Gasteiger partial charge on any atom is -0.340 e. The van der Waals surface area contributed by atoms with Crippen LogP contribution in [0.3, 0.4) is 0 Å². The SMILES string of the molecule is CN(Cc1ccccc1Cl)C(=O)CS(=O)(=O)c1ccc(Cl)cc1. The van der Waals surface area contributed by atoms with Gasteiger partial charge in [-0.3, -0.25) is 4.79 Å². The number of carbonyl (C=O) groups excluding carboxylic acids is 1. The molecule has 2 aromatic carbocycles. The zero-order chi connectivity index (χ0) is 17.0. The maximum atomic E-state index is 12.3.